The quantitative estimate of drug-likeness (QED) is 0.770. The maximum absolute atomic E-state index is 11.6. The Labute approximate surface area is 115 Å². The normalized spacial score (nSPS) is 11.2. The van der Waals surface area contributed by atoms with Gasteiger partial charge in [-0.25, -0.2) is 0 Å². The third-order valence-electron chi connectivity index (χ3n) is 2.52. The van der Waals surface area contributed by atoms with Crippen LogP contribution in [0.4, 0.5) is 0 Å². The molecule has 0 aromatic heterocycles. The number of ether oxygens (including phenoxy) is 1. The summed E-state index contributed by atoms with van der Waals surface area (Å²) >= 11 is 0. The summed E-state index contributed by atoms with van der Waals surface area (Å²) in [7, 11) is 1.66. The van der Waals surface area contributed by atoms with Crippen molar-refractivity contribution in [3.63, 3.8) is 0 Å². The average Bonchev–Trinajstić information content (AvgIpc) is 2.33. The van der Waals surface area contributed by atoms with Gasteiger partial charge in [0.05, 0.1) is 13.7 Å². The van der Waals surface area contributed by atoms with E-state index in [9.17, 15) is 4.79 Å². The zero-order valence-corrected chi connectivity index (χ0v) is 12.2. The van der Waals surface area contributed by atoms with Crippen molar-refractivity contribution in [2.75, 3.05) is 20.2 Å². The molecule has 1 aromatic carbocycles. The maximum Gasteiger partial charge on any atom is 0.234 e. The molecule has 0 aliphatic carbocycles. The molecule has 1 amide bonds. The molecule has 106 valence electrons. The summed E-state index contributed by atoms with van der Waals surface area (Å²) in [4.78, 5) is 11.6. The summed E-state index contributed by atoms with van der Waals surface area (Å²) in [6.07, 6.45) is 0.875. The van der Waals surface area contributed by atoms with Gasteiger partial charge in [0.1, 0.15) is 5.75 Å². The molecule has 0 saturated heterocycles. The fraction of sp³-hybridized carbons (Fsp3) is 0.533. The van der Waals surface area contributed by atoms with Gasteiger partial charge in [-0.05, 0) is 51.4 Å². The Balaban J connectivity index is 2.25. The van der Waals surface area contributed by atoms with Crippen LogP contribution in [0.1, 0.15) is 26.3 Å². The van der Waals surface area contributed by atoms with Gasteiger partial charge < -0.3 is 15.4 Å². The highest BCUT2D eigenvalue weighted by Gasteiger charge is 2.12. The number of nitrogens with one attached hydrogen (secondary N) is 2. The number of hydrogen-bond donors (Lipinski definition) is 2. The summed E-state index contributed by atoms with van der Waals surface area (Å²) in [6, 6.07) is 7.96. The highest BCUT2D eigenvalue weighted by atomic mass is 16.5. The van der Waals surface area contributed by atoms with Crippen molar-refractivity contribution in [3.05, 3.63) is 29.8 Å². The third kappa shape index (κ3) is 6.82. The summed E-state index contributed by atoms with van der Waals surface area (Å²) in [5, 5.41) is 6.06. The minimum Gasteiger partial charge on any atom is -0.497 e. The number of amides is 1. The minimum absolute atomic E-state index is 0.0261. The Bertz CT molecular complexity index is 411. The molecule has 0 unspecified atom stereocenters. The van der Waals surface area contributed by atoms with Gasteiger partial charge in [-0.1, -0.05) is 12.1 Å². The molecular formula is C15H24N2O2. The molecule has 0 bridgehead atoms. The van der Waals surface area contributed by atoms with Gasteiger partial charge in [-0.3, -0.25) is 4.79 Å². The van der Waals surface area contributed by atoms with Crippen LogP contribution in [0.25, 0.3) is 0 Å². The van der Waals surface area contributed by atoms with Gasteiger partial charge in [-0.2, -0.15) is 0 Å². The maximum atomic E-state index is 11.6. The predicted octanol–water partition coefficient (Wildman–Crippen LogP) is 1.74. The second-order valence-electron chi connectivity index (χ2n) is 5.58. The van der Waals surface area contributed by atoms with Gasteiger partial charge in [0.15, 0.2) is 0 Å². The zero-order valence-electron chi connectivity index (χ0n) is 12.2. The van der Waals surface area contributed by atoms with Crippen LogP contribution in [-0.4, -0.2) is 31.6 Å². The van der Waals surface area contributed by atoms with Crippen molar-refractivity contribution in [1.29, 1.82) is 0 Å². The molecule has 0 radical (unpaired) electrons. The minimum atomic E-state index is -0.175. The fourth-order valence-corrected chi connectivity index (χ4v) is 1.73. The van der Waals surface area contributed by atoms with E-state index in [-0.39, 0.29) is 11.4 Å². The van der Waals surface area contributed by atoms with E-state index in [1.165, 1.54) is 5.56 Å². The van der Waals surface area contributed by atoms with E-state index in [1.807, 2.05) is 39.0 Å². The molecule has 0 atom stereocenters. The van der Waals surface area contributed by atoms with Crippen LogP contribution in [-0.2, 0) is 11.2 Å². The van der Waals surface area contributed by atoms with Crippen molar-refractivity contribution >= 4 is 5.91 Å². The molecule has 1 aromatic rings. The lowest BCUT2D eigenvalue weighted by Crippen LogP contribution is -2.45. The Morgan fingerprint density at radius 2 is 2.05 bits per heavy atom. The lowest BCUT2D eigenvalue weighted by atomic mass is 10.1. The summed E-state index contributed by atoms with van der Waals surface area (Å²) < 4.78 is 5.17. The monoisotopic (exact) mass is 264 g/mol. The van der Waals surface area contributed by atoms with E-state index < -0.39 is 0 Å². The molecule has 4 heteroatoms. The average molecular weight is 264 g/mol. The second kappa shape index (κ2) is 7.14. The number of hydrogen-bond acceptors (Lipinski definition) is 3. The van der Waals surface area contributed by atoms with Crippen LogP contribution in [0.2, 0.25) is 0 Å². The summed E-state index contributed by atoms with van der Waals surface area (Å²) in [5.41, 5.74) is 1.02. The van der Waals surface area contributed by atoms with Gasteiger partial charge in [-0.15, -0.1) is 0 Å². The van der Waals surface area contributed by atoms with E-state index in [2.05, 4.69) is 16.7 Å². The number of benzene rings is 1. The van der Waals surface area contributed by atoms with E-state index in [0.29, 0.717) is 6.54 Å². The first-order valence-corrected chi connectivity index (χ1v) is 6.55. The van der Waals surface area contributed by atoms with E-state index in [1.54, 1.807) is 7.11 Å². The number of carbonyl (C=O) groups is 1. The van der Waals surface area contributed by atoms with Crippen molar-refractivity contribution in [3.8, 4) is 5.75 Å². The zero-order chi connectivity index (χ0) is 14.3. The summed E-state index contributed by atoms with van der Waals surface area (Å²) in [6.45, 7) is 7.04. The second-order valence-corrected chi connectivity index (χ2v) is 5.58. The molecule has 0 spiro atoms. The first kappa shape index (κ1) is 15.5. The molecule has 0 aliphatic rings. The van der Waals surface area contributed by atoms with Crippen LogP contribution in [0, 0.1) is 0 Å². The Morgan fingerprint density at radius 3 is 2.68 bits per heavy atom. The molecule has 0 heterocycles. The van der Waals surface area contributed by atoms with Crippen LogP contribution in [0.15, 0.2) is 24.3 Å². The van der Waals surface area contributed by atoms with Crippen LogP contribution >= 0.6 is 0 Å². The first-order valence-electron chi connectivity index (χ1n) is 6.55. The van der Waals surface area contributed by atoms with Gasteiger partial charge >= 0.3 is 0 Å². The standard InChI is InChI=1S/C15H24N2O2/c1-15(2,3)17-14(18)11-16-9-8-12-6-5-7-13(10-12)19-4/h5-7,10,16H,8-9,11H2,1-4H3,(H,17,18). The smallest absolute Gasteiger partial charge is 0.234 e. The highest BCUT2D eigenvalue weighted by molar-refractivity contribution is 5.78. The number of rotatable bonds is 6. The fourth-order valence-electron chi connectivity index (χ4n) is 1.73. The van der Waals surface area contributed by atoms with E-state index in [0.717, 1.165) is 18.7 Å². The van der Waals surface area contributed by atoms with Gasteiger partial charge in [0.2, 0.25) is 5.91 Å². The van der Waals surface area contributed by atoms with Crippen LogP contribution in [0.5, 0.6) is 5.75 Å². The van der Waals surface area contributed by atoms with E-state index >= 15 is 0 Å². The molecule has 4 nitrogen and oxygen atoms in total. The predicted molar refractivity (Wildman–Crippen MR) is 77.5 cm³/mol. The molecule has 1 rings (SSSR count). The van der Waals surface area contributed by atoms with Crippen LogP contribution < -0.4 is 15.4 Å². The van der Waals surface area contributed by atoms with E-state index in [4.69, 9.17) is 4.74 Å². The molecule has 19 heavy (non-hydrogen) atoms. The van der Waals surface area contributed by atoms with Gasteiger partial charge in [0, 0.05) is 5.54 Å². The highest BCUT2D eigenvalue weighted by Crippen LogP contribution is 2.12. The van der Waals surface area contributed by atoms with Crippen molar-refractivity contribution in [2.45, 2.75) is 32.7 Å². The Morgan fingerprint density at radius 1 is 1.32 bits per heavy atom. The molecule has 0 saturated carbocycles. The SMILES string of the molecule is COc1cccc(CCNCC(=O)NC(C)(C)C)c1. The molecule has 0 aliphatic heterocycles. The molecular weight excluding hydrogens is 240 g/mol. The van der Waals surface area contributed by atoms with Crippen molar-refractivity contribution in [2.24, 2.45) is 0 Å². The van der Waals surface area contributed by atoms with Gasteiger partial charge in [0.25, 0.3) is 0 Å². The molecule has 2 N–H and O–H groups in total. The number of methoxy groups -OCH3 is 1. The molecule has 0 fully saturated rings. The lowest BCUT2D eigenvalue weighted by molar-refractivity contribution is -0.121. The van der Waals surface area contributed by atoms with Crippen molar-refractivity contribution in [1.82, 2.24) is 10.6 Å². The Kier molecular flexibility index (Phi) is 5.83. The first-order chi connectivity index (χ1) is 8.90. The number of carbonyl (C=O) groups excluding carboxylic acids is 1. The third-order valence-corrected chi connectivity index (χ3v) is 2.52. The Hall–Kier alpha value is -1.55. The van der Waals surface area contributed by atoms with Crippen molar-refractivity contribution < 1.29 is 9.53 Å². The largest absolute Gasteiger partial charge is 0.497 e. The lowest BCUT2D eigenvalue weighted by Gasteiger charge is -2.20. The summed E-state index contributed by atoms with van der Waals surface area (Å²) in [5.74, 6) is 0.890. The topological polar surface area (TPSA) is 50.4 Å². The van der Waals surface area contributed by atoms with Crippen LogP contribution in [0.3, 0.4) is 0 Å².